The van der Waals surface area contributed by atoms with Crippen molar-refractivity contribution in [2.45, 2.75) is 19.7 Å². The van der Waals surface area contributed by atoms with Crippen LogP contribution in [-0.4, -0.2) is 7.11 Å². The quantitative estimate of drug-likeness (QED) is 0.515. The molecule has 0 aliphatic carbocycles. The van der Waals surface area contributed by atoms with E-state index in [1.165, 1.54) is 17.7 Å². The molecule has 3 nitrogen and oxygen atoms in total. The first-order valence-electron chi connectivity index (χ1n) is 8.64. The SMILES string of the molecule is COc1cc(CNCc2ccccc2)c(Br)cc1OCc1ccc(F)cc1. The van der Waals surface area contributed by atoms with Gasteiger partial charge in [0.25, 0.3) is 0 Å². The van der Waals surface area contributed by atoms with Gasteiger partial charge < -0.3 is 14.8 Å². The molecule has 0 aliphatic heterocycles. The first-order chi connectivity index (χ1) is 13.2. The summed E-state index contributed by atoms with van der Waals surface area (Å²) in [6.45, 7) is 1.83. The van der Waals surface area contributed by atoms with Crippen molar-refractivity contribution in [1.82, 2.24) is 5.32 Å². The van der Waals surface area contributed by atoms with Crippen molar-refractivity contribution in [1.29, 1.82) is 0 Å². The van der Waals surface area contributed by atoms with E-state index in [1.807, 2.05) is 30.3 Å². The number of nitrogens with one attached hydrogen (secondary N) is 1. The molecule has 140 valence electrons. The summed E-state index contributed by atoms with van der Waals surface area (Å²) in [5.41, 5.74) is 3.21. The van der Waals surface area contributed by atoms with Crippen molar-refractivity contribution >= 4 is 15.9 Å². The van der Waals surface area contributed by atoms with Crippen LogP contribution < -0.4 is 14.8 Å². The third-order valence-corrected chi connectivity index (χ3v) is 4.87. The van der Waals surface area contributed by atoms with E-state index in [4.69, 9.17) is 9.47 Å². The molecule has 0 spiro atoms. The van der Waals surface area contributed by atoms with Gasteiger partial charge in [-0.1, -0.05) is 58.4 Å². The number of rotatable bonds is 8. The van der Waals surface area contributed by atoms with Crippen molar-refractivity contribution in [3.05, 3.63) is 93.7 Å². The van der Waals surface area contributed by atoms with Crippen LogP contribution >= 0.6 is 15.9 Å². The van der Waals surface area contributed by atoms with E-state index < -0.39 is 0 Å². The Balaban J connectivity index is 1.64. The predicted octanol–water partition coefficient (Wildman–Crippen LogP) is 5.47. The Bertz CT molecular complexity index is 869. The summed E-state index contributed by atoms with van der Waals surface area (Å²) < 4.78 is 25.3. The monoisotopic (exact) mass is 429 g/mol. The topological polar surface area (TPSA) is 30.5 Å². The fraction of sp³-hybridized carbons (Fsp3) is 0.182. The van der Waals surface area contributed by atoms with E-state index >= 15 is 0 Å². The third-order valence-electron chi connectivity index (χ3n) is 4.13. The van der Waals surface area contributed by atoms with Crippen LogP contribution in [0.2, 0.25) is 0 Å². The Kier molecular flexibility index (Phi) is 6.85. The van der Waals surface area contributed by atoms with E-state index in [0.717, 1.165) is 22.1 Å². The molecule has 3 aromatic carbocycles. The zero-order valence-corrected chi connectivity index (χ0v) is 16.6. The number of halogens is 2. The zero-order valence-electron chi connectivity index (χ0n) is 15.0. The Morgan fingerprint density at radius 1 is 0.889 bits per heavy atom. The lowest BCUT2D eigenvalue weighted by molar-refractivity contribution is 0.284. The highest BCUT2D eigenvalue weighted by atomic mass is 79.9. The molecule has 27 heavy (non-hydrogen) atoms. The molecule has 5 heteroatoms. The first kappa shape index (κ1) is 19.4. The average Bonchev–Trinajstić information content (AvgIpc) is 2.69. The summed E-state index contributed by atoms with van der Waals surface area (Å²) in [6, 6.07) is 20.4. The second-order valence-electron chi connectivity index (χ2n) is 6.10. The minimum atomic E-state index is -0.258. The zero-order chi connectivity index (χ0) is 19.1. The molecule has 0 unspecified atom stereocenters. The minimum absolute atomic E-state index is 0.258. The number of hydrogen-bond acceptors (Lipinski definition) is 3. The maximum absolute atomic E-state index is 13.0. The van der Waals surface area contributed by atoms with Gasteiger partial charge in [-0.15, -0.1) is 0 Å². The van der Waals surface area contributed by atoms with Crippen LogP contribution in [0.3, 0.4) is 0 Å². The van der Waals surface area contributed by atoms with Gasteiger partial charge in [-0.3, -0.25) is 0 Å². The van der Waals surface area contributed by atoms with Crippen molar-refractivity contribution in [2.24, 2.45) is 0 Å². The summed E-state index contributed by atoms with van der Waals surface area (Å²) in [7, 11) is 1.62. The van der Waals surface area contributed by atoms with Gasteiger partial charge in [0.1, 0.15) is 12.4 Å². The number of ether oxygens (including phenoxy) is 2. The minimum Gasteiger partial charge on any atom is -0.493 e. The maximum Gasteiger partial charge on any atom is 0.162 e. The molecule has 3 rings (SSSR count). The average molecular weight is 430 g/mol. The fourth-order valence-corrected chi connectivity index (χ4v) is 3.13. The highest BCUT2D eigenvalue weighted by molar-refractivity contribution is 9.10. The van der Waals surface area contributed by atoms with Crippen molar-refractivity contribution < 1.29 is 13.9 Å². The van der Waals surface area contributed by atoms with Crippen molar-refractivity contribution in [3.8, 4) is 11.5 Å². The number of hydrogen-bond donors (Lipinski definition) is 1. The third kappa shape index (κ3) is 5.55. The molecule has 0 aliphatic rings. The van der Waals surface area contributed by atoms with Crippen molar-refractivity contribution in [2.75, 3.05) is 7.11 Å². The molecule has 0 bridgehead atoms. The van der Waals surface area contributed by atoms with Gasteiger partial charge >= 0.3 is 0 Å². The maximum atomic E-state index is 13.0. The lowest BCUT2D eigenvalue weighted by atomic mass is 10.2. The van der Waals surface area contributed by atoms with E-state index in [2.05, 4.69) is 33.4 Å². The van der Waals surface area contributed by atoms with Gasteiger partial charge in [-0.2, -0.15) is 0 Å². The van der Waals surface area contributed by atoms with E-state index in [0.29, 0.717) is 24.7 Å². The molecule has 0 saturated heterocycles. The van der Waals surface area contributed by atoms with Crippen molar-refractivity contribution in [3.63, 3.8) is 0 Å². The molecule has 0 heterocycles. The standard InChI is InChI=1S/C22H21BrFNO2/c1-26-21-11-18(14-25-13-16-5-3-2-4-6-16)20(23)12-22(21)27-15-17-7-9-19(24)10-8-17/h2-12,25H,13-15H2,1H3. The molecule has 0 amide bonds. The van der Waals surface area contributed by atoms with Gasteiger partial charge in [-0.05, 0) is 41.0 Å². The Hall–Kier alpha value is -2.37. The van der Waals surface area contributed by atoms with Crippen LogP contribution in [0.15, 0.2) is 71.2 Å². The van der Waals surface area contributed by atoms with Crippen LogP contribution in [0.5, 0.6) is 11.5 Å². The van der Waals surface area contributed by atoms with Crippen LogP contribution in [0.1, 0.15) is 16.7 Å². The molecule has 0 saturated carbocycles. The summed E-state index contributed by atoms with van der Waals surface area (Å²) >= 11 is 3.61. The highest BCUT2D eigenvalue weighted by Crippen LogP contribution is 2.34. The largest absolute Gasteiger partial charge is 0.493 e. The first-order valence-corrected chi connectivity index (χ1v) is 9.43. The van der Waals surface area contributed by atoms with Crippen LogP contribution in [0.25, 0.3) is 0 Å². The summed E-state index contributed by atoms with van der Waals surface area (Å²) in [5, 5.41) is 3.43. The van der Waals surface area contributed by atoms with Gasteiger partial charge in [-0.25, -0.2) is 4.39 Å². The fourth-order valence-electron chi connectivity index (χ4n) is 2.66. The molecule has 0 atom stereocenters. The molecule has 0 fully saturated rings. The summed E-state index contributed by atoms with van der Waals surface area (Å²) in [6.07, 6.45) is 0. The van der Waals surface area contributed by atoms with E-state index in [-0.39, 0.29) is 5.82 Å². The van der Waals surface area contributed by atoms with Crippen LogP contribution in [-0.2, 0) is 19.7 Å². The second kappa shape index (κ2) is 9.53. The smallest absolute Gasteiger partial charge is 0.162 e. The van der Waals surface area contributed by atoms with E-state index in [1.54, 1.807) is 19.2 Å². The van der Waals surface area contributed by atoms with Gasteiger partial charge in [0, 0.05) is 17.6 Å². The molecule has 0 radical (unpaired) electrons. The highest BCUT2D eigenvalue weighted by Gasteiger charge is 2.11. The molecule has 1 N–H and O–H groups in total. The summed E-state index contributed by atoms with van der Waals surface area (Å²) in [5.74, 6) is 1.05. The van der Waals surface area contributed by atoms with Crippen LogP contribution in [0.4, 0.5) is 4.39 Å². The van der Waals surface area contributed by atoms with Gasteiger partial charge in [0.15, 0.2) is 11.5 Å². The molecule has 0 aromatic heterocycles. The lowest BCUT2D eigenvalue weighted by Gasteiger charge is -2.14. The summed E-state index contributed by atoms with van der Waals surface area (Å²) in [4.78, 5) is 0. The van der Waals surface area contributed by atoms with Crippen LogP contribution in [0, 0.1) is 5.82 Å². The van der Waals surface area contributed by atoms with E-state index in [9.17, 15) is 4.39 Å². The number of benzene rings is 3. The Morgan fingerprint density at radius 2 is 1.63 bits per heavy atom. The molecule has 3 aromatic rings. The number of methoxy groups -OCH3 is 1. The predicted molar refractivity (Wildman–Crippen MR) is 108 cm³/mol. The Morgan fingerprint density at radius 3 is 2.33 bits per heavy atom. The second-order valence-corrected chi connectivity index (χ2v) is 6.95. The normalized spacial score (nSPS) is 10.6. The van der Waals surface area contributed by atoms with Gasteiger partial charge in [0.2, 0.25) is 0 Å². The molecular weight excluding hydrogens is 409 g/mol. The van der Waals surface area contributed by atoms with Gasteiger partial charge in [0.05, 0.1) is 7.11 Å². The molecular formula is C22H21BrFNO2. The Labute approximate surface area is 167 Å². The lowest BCUT2D eigenvalue weighted by Crippen LogP contribution is -2.13.